The number of hydrogen-bond acceptors (Lipinski definition) is 4. The van der Waals surface area contributed by atoms with E-state index in [4.69, 9.17) is 0 Å². The third kappa shape index (κ3) is 1.13. The van der Waals surface area contributed by atoms with Crippen LogP contribution >= 0.6 is 11.7 Å². The van der Waals surface area contributed by atoms with Gasteiger partial charge in [0.1, 0.15) is 5.69 Å². The van der Waals surface area contributed by atoms with Crippen LogP contribution in [0.25, 0.3) is 0 Å². The van der Waals surface area contributed by atoms with Crippen molar-refractivity contribution in [2.75, 3.05) is 0 Å². The molecule has 0 bridgehead atoms. The first-order valence-corrected chi connectivity index (χ1v) is 3.38. The number of rotatable bonds is 2. The summed E-state index contributed by atoms with van der Waals surface area (Å²) in [6.07, 6.45) is 1.52. The monoisotopic (exact) mass is 142 g/mol. The normalized spacial score (nSPS) is 9.44. The van der Waals surface area contributed by atoms with Gasteiger partial charge in [-0.1, -0.05) is 6.92 Å². The van der Waals surface area contributed by atoms with Crippen molar-refractivity contribution in [1.29, 1.82) is 0 Å². The van der Waals surface area contributed by atoms with Gasteiger partial charge in [-0.2, -0.15) is 8.75 Å². The van der Waals surface area contributed by atoms with Crippen molar-refractivity contribution in [1.82, 2.24) is 8.75 Å². The molecular weight excluding hydrogens is 136 g/mol. The summed E-state index contributed by atoms with van der Waals surface area (Å²) in [5.41, 5.74) is 1.29. The zero-order valence-corrected chi connectivity index (χ0v) is 5.81. The van der Waals surface area contributed by atoms with E-state index in [1.165, 1.54) is 0 Å². The topological polar surface area (TPSA) is 42.9 Å². The van der Waals surface area contributed by atoms with Gasteiger partial charge >= 0.3 is 0 Å². The average molecular weight is 142 g/mol. The van der Waals surface area contributed by atoms with Crippen molar-refractivity contribution in [2.24, 2.45) is 0 Å². The molecule has 0 saturated carbocycles. The van der Waals surface area contributed by atoms with Crippen LogP contribution in [0, 0.1) is 0 Å². The van der Waals surface area contributed by atoms with Crippen molar-refractivity contribution >= 4 is 18.0 Å². The number of aryl methyl sites for hydroxylation is 1. The molecule has 0 aromatic carbocycles. The predicted octanol–water partition coefficient (Wildman–Crippen LogP) is 0.913. The standard InChI is InChI=1S/C5H6N2OS/c1-2-4-5(3-8)7-9-6-4/h3H,2H2,1H3. The van der Waals surface area contributed by atoms with E-state index in [9.17, 15) is 4.79 Å². The smallest absolute Gasteiger partial charge is 0.171 e. The lowest BCUT2D eigenvalue weighted by atomic mass is 10.3. The number of aldehydes is 1. The van der Waals surface area contributed by atoms with E-state index in [1.54, 1.807) is 0 Å². The predicted molar refractivity (Wildman–Crippen MR) is 34.7 cm³/mol. The van der Waals surface area contributed by atoms with Crippen LogP contribution in [0.1, 0.15) is 23.1 Å². The van der Waals surface area contributed by atoms with Crippen LogP contribution in [0.3, 0.4) is 0 Å². The molecule has 48 valence electrons. The number of carbonyl (C=O) groups is 1. The summed E-state index contributed by atoms with van der Waals surface area (Å²) in [7, 11) is 0. The molecule has 0 N–H and O–H groups in total. The molecule has 0 saturated heterocycles. The maximum absolute atomic E-state index is 10.2. The first kappa shape index (κ1) is 6.35. The lowest BCUT2D eigenvalue weighted by Crippen LogP contribution is -1.87. The highest BCUT2D eigenvalue weighted by Crippen LogP contribution is 2.02. The molecule has 1 aromatic rings. The summed E-state index contributed by atoms with van der Waals surface area (Å²) in [5.74, 6) is 0. The summed E-state index contributed by atoms with van der Waals surface area (Å²) in [6, 6.07) is 0. The van der Waals surface area contributed by atoms with Crippen molar-refractivity contribution < 1.29 is 4.79 Å². The fourth-order valence-corrected chi connectivity index (χ4v) is 1.15. The van der Waals surface area contributed by atoms with E-state index in [2.05, 4.69) is 8.75 Å². The Kier molecular flexibility index (Phi) is 1.89. The molecule has 1 heterocycles. The minimum atomic E-state index is 0.488. The Labute approximate surface area is 57.0 Å². The van der Waals surface area contributed by atoms with Crippen LogP contribution in [0.4, 0.5) is 0 Å². The highest BCUT2D eigenvalue weighted by atomic mass is 32.1. The highest BCUT2D eigenvalue weighted by Gasteiger charge is 2.01. The molecule has 0 atom stereocenters. The Balaban J connectivity index is 2.98. The van der Waals surface area contributed by atoms with Gasteiger partial charge in [-0.25, -0.2) is 0 Å². The second kappa shape index (κ2) is 2.68. The van der Waals surface area contributed by atoms with Crippen LogP contribution in [-0.4, -0.2) is 15.0 Å². The molecule has 3 nitrogen and oxygen atoms in total. The van der Waals surface area contributed by atoms with Crippen LogP contribution < -0.4 is 0 Å². The number of hydrogen-bond donors (Lipinski definition) is 0. The summed E-state index contributed by atoms with van der Waals surface area (Å²) >= 11 is 1.08. The summed E-state index contributed by atoms with van der Waals surface area (Å²) < 4.78 is 7.67. The molecule has 0 aliphatic heterocycles. The maximum Gasteiger partial charge on any atom is 0.171 e. The molecule has 0 unspecified atom stereocenters. The maximum atomic E-state index is 10.2. The van der Waals surface area contributed by atoms with Crippen molar-refractivity contribution in [2.45, 2.75) is 13.3 Å². The minimum absolute atomic E-state index is 0.488. The van der Waals surface area contributed by atoms with E-state index >= 15 is 0 Å². The van der Waals surface area contributed by atoms with Crippen LogP contribution in [0.5, 0.6) is 0 Å². The lowest BCUT2D eigenvalue weighted by molar-refractivity contribution is 0.111. The van der Waals surface area contributed by atoms with E-state index in [0.717, 1.165) is 30.1 Å². The zero-order valence-electron chi connectivity index (χ0n) is 5.00. The van der Waals surface area contributed by atoms with Gasteiger partial charge in [-0.05, 0) is 6.42 Å². The quantitative estimate of drug-likeness (QED) is 0.576. The molecule has 1 aromatic heterocycles. The Hall–Kier alpha value is -0.770. The Morgan fingerprint density at radius 1 is 1.67 bits per heavy atom. The molecule has 4 heteroatoms. The SMILES string of the molecule is CCc1nsnc1C=O. The Morgan fingerprint density at radius 2 is 2.44 bits per heavy atom. The molecule has 9 heavy (non-hydrogen) atoms. The van der Waals surface area contributed by atoms with Crippen LogP contribution in [0.15, 0.2) is 0 Å². The van der Waals surface area contributed by atoms with Gasteiger partial charge in [0, 0.05) is 0 Å². The molecule has 0 fully saturated rings. The summed E-state index contributed by atoms with van der Waals surface area (Å²) in [5, 5.41) is 0. The fraction of sp³-hybridized carbons (Fsp3) is 0.400. The van der Waals surface area contributed by atoms with Crippen LogP contribution in [-0.2, 0) is 6.42 Å². The Bertz CT molecular complexity index is 208. The first-order chi connectivity index (χ1) is 4.38. The van der Waals surface area contributed by atoms with Gasteiger partial charge in [-0.15, -0.1) is 0 Å². The van der Waals surface area contributed by atoms with Gasteiger partial charge in [0.2, 0.25) is 0 Å². The van der Waals surface area contributed by atoms with Gasteiger partial charge in [-0.3, -0.25) is 4.79 Å². The molecule has 1 rings (SSSR count). The highest BCUT2D eigenvalue weighted by molar-refractivity contribution is 6.99. The van der Waals surface area contributed by atoms with Gasteiger partial charge < -0.3 is 0 Å². The first-order valence-electron chi connectivity index (χ1n) is 2.65. The van der Waals surface area contributed by atoms with Gasteiger partial charge in [0.05, 0.1) is 17.4 Å². The van der Waals surface area contributed by atoms with E-state index in [0.29, 0.717) is 5.69 Å². The number of nitrogens with zero attached hydrogens (tertiary/aromatic N) is 2. The molecule has 0 amide bonds. The van der Waals surface area contributed by atoms with Crippen molar-refractivity contribution in [3.8, 4) is 0 Å². The third-order valence-electron chi connectivity index (χ3n) is 1.03. The molecule has 0 aliphatic rings. The van der Waals surface area contributed by atoms with Crippen molar-refractivity contribution in [3.05, 3.63) is 11.4 Å². The molecule has 0 spiro atoms. The number of aromatic nitrogens is 2. The molecule has 0 aliphatic carbocycles. The average Bonchev–Trinajstić information content (AvgIpc) is 2.33. The molecule has 0 radical (unpaired) electrons. The zero-order chi connectivity index (χ0) is 6.69. The molecular formula is C5H6N2OS. The van der Waals surface area contributed by atoms with E-state index in [1.807, 2.05) is 6.92 Å². The lowest BCUT2D eigenvalue weighted by Gasteiger charge is -1.82. The fourth-order valence-electron chi connectivity index (χ4n) is 0.548. The summed E-state index contributed by atoms with van der Waals surface area (Å²) in [4.78, 5) is 10.2. The van der Waals surface area contributed by atoms with E-state index < -0.39 is 0 Å². The van der Waals surface area contributed by atoms with E-state index in [-0.39, 0.29) is 0 Å². The summed E-state index contributed by atoms with van der Waals surface area (Å²) in [6.45, 7) is 1.95. The minimum Gasteiger partial charge on any atom is -0.296 e. The van der Waals surface area contributed by atoms with Gasteiger partial charge in [0.25, 0.3) is 0 Å². The number of carbonyl (C=O) groups excluding carboxylic acids is 1. The largest absolute Gasteiger partial charge is 0.296 e. The van der Waals surface area contributed by atoms with Crippen molar-refractivity contribution in [3.63, 3.8) is 0 Å². The Morgan fingerprint density at radius 3 is 2.89 bits per heavy atom. The second-order valence-electron chi connectivity index (χ2n) is 1.57. The van der Waals surface area contributed by atoms with Gasteiger partial charge in [0.15, 0.2) is 6.29 Å². The van der Waals surface area contributed by atoms with Crippen LogP contribution in [0.2, 0.25) is 0 Å². The second-order valence-corrected chi connectivity index (χ2v) is 2.10. The third-order valence-corrected chi connectivity index (χ3v) is 1.61.